The van der Waals surface area contributed by atoms with Crippen LogP contribution in [0, 0.1) is 11.3 Å². The molecule has 28 heavy (non-hydrogen) atoms. The summed E-state index contributed by atoms with van der Waals surface area (Å²) >= 11 is 0. The molecule has 4 rings (SSSR count). The number of pyridine rings is 2. The van der Waals surface area contributed by atoms with Gasteiger partial charge in [-0.1, -0.05) is 0 Å². The van der Waals surface area contributed by atoms with Gasteiger partial charge in [0.2, 0.25) is 5.88 Å². The molecular formula is C21H22N6O. The highest BCUT2D eigenvalue weighted by Gasteiger charge is 2.27. The van der Waals surface area contributed by atoms with E-state index in [4.69, 9.17) is 4.74 Å². The molecule has 1 aliphatic heterocycles. The Morgan fingerprint density at radius 1 is 1.18 bits per heavy atom. The van der Waals surface area contributed by atoms with Gasteiger partial charge in [-0.05, 0) is 36.6 Å². The number of hydrogen-bond acceptors (Lipinski definition) is 6. The van der Waals surface area contributed by atoms with Gasteiger partial charge in [-0.25, -0.2) is 9.97 Å². The fraction of sp³-hybridized carbons (Fsp3) is 0.333. The summed E-state index contributed by atoms with van der Waals surface area (Å²) < 4.78 is 7.48. The van der Waals surface area contributed by atoms with Crippen molar-refractivity contribution in [3.63, 3.8) is 0 Å². The number of ether oxygens (including phenoxy) is 1. The van der Waals surface area contributed by atoms with Crippen molar-refractivity contribution in [1.29, 1.82) is 5.26 Å². The summed E-state index contributed by atoms with van der Waals surface area (Å²) in [5.41, 5.74) is 2.57. The third kappa shape index (κ3) is 3.54. The molecule has 1 aliphatic rings. The molecule has 0 aliphatic carbocycles. The van der Waals surface area contributed by atoms with E-state index in [0.29, 0.717) is 17.4 Å². The van der Waals surface area contributed by atoms with Crippen LogP contribution in [0.2, 0.25) is 0 Å². The number of hydrogen-bond donors (Lipinski definition) is 0. The zero-order valence-corrected chi connectivity index (χ0v) is 15.8. The molecule has 0 bridgehead atoms. The first-order valence-electron chi connectivity index (χ1n) is 9.38. The van der Waals surface area contributed by atoms with Crippen LogP contribution >= 0.6 is 0 Å². The third-order valence-corrected chi connectivity index (χ3v) is 5.18. The molecule has 1 saturated heterocycles. The lowest BCUT2D eigenvalue weighted by molar-refractivity contribution is 0.396. The second kappa shape index (κ2) is 8.09. The minimum atomic E-state index is 0.302. The summed E-state index contributed by atoms with van der Waals surface area (Å²) in [6.07, 6.45) is 11.3. The van der Waals surface area contributed by atoms with Gasteiger partial charge in [-0.2, -0.15) is 5.26 Å². The lowest BCUT2D eigenvalue weighted by atomic mass is 9.96. The first-order valence-corrected chi connectivity index (χ1v) is 9.38. The van der Waals surface area contributed by atoms with E-state index in [-0.39, 0.29) is 0 Å². The van der Waals surface area contributed by atoms with Gasteiger partial charge in [0.05, 0.1) is 12.8 Å². The summed E-state index contributed by atoms with van der Waals surface area (Å²) in [4.78, 5) is 15.2. The fourth-order valence-corrected chi connectivity index (χ4v) is 3.86. The van der Waals surface area contributed by atoms with Crippen molar-refractivity contribution in [2.24, 2.45) is 0 Å². The van der Waals surface area contributed by atoms with Crippen molar-refractivity contribution < 1.29 is 4.74 Å². The molecule has 0 unspecified atom stereocenters. The van der Waals surface area contributed by atoms with Gasteiger partial charge in [0, 0.05) is 56.5 Å². The number of nitriles is 1. The van der Waals surface area contributed by atoms with Gasteiger partial charge in [0.1, 0.15) is 17.5 Å². The predicted octanol–water partition coefficient (Wildman–Crippen LogP) is 2.99. The van der Waals surface area contributed by atoms with E-state index in [2.05, 4.69) is 30.5 Å². The van der Waals surface area contributed by atoms with Crippen LogP contribution in [0.4, 0.5) is 5.69 Å². The molecule has 0 saturated carbocycles. The molecule has 3 aromatic rings. The zero-order chi connectivity index (χ0) is 19.3. The highest BCUT2D eigenvalue weighted by atomic mass is 16.5. The smallest absolute Gasteiger partial charge is 0.233 e. The molecule has 1 fully saturated rings. The van der Waals surface area contributed by atoms with Crippen LogP contribution in [0.25, 0.3) is 0 Å². The minimum absolute atomic E-state index is 0.302. The molecule has 0 radical (unpaired) electrons. The van der Waals surface area contributed by atoms with E-state index in [1.165, 1.54) is 5.56 Å². The van der Waals surface area contributed by atoms with Crippen LogP contribution in [0.5, 0.6) is 5.88 Å². The SMILES string of the molecule is COc1nccc(N2CCC[C@H](c3nccn3Cc3ccncc3)C2)c1C#N. The van der Waals surface area contributed by atoms with E-state index >= 15 is 0 Å². The van der Waals surface area contributed by atoms with Gasteiger partial charge in [0.15, 0.2) is 0 Å². The lowest BCUT2D eigenvalue weighted by Crippen LogP contribution is -2.36. The van der Waals surface area contributed by atoms with Crippen molar-refractivity contribution in [3.8, 4) is 11.9 Å². The average Bonchev–Trinajstić information content (AvgIpc) is 3.22. The molecule has 0 amide bonds. The van der Waals surface area contributed by atoms with Gasteiger partial charge in [-0.3, -0.25) is 4.98 Å². The summed E-state index contributed by atoms with van der Waals surface area (Å²) in [6, 6.07) is 8.20. The Hall–Kier alpha value is -3.40. The number of imidazole rings is 1. The maximum Gasteiger partial charge on any atom is 0.233 e. The molecule has 142 valence electrons. The molecule has 4 heterocycles. The van der Waals surface area contributed by atoms with E-state index in [1.54, 1.807) is 13.3 Å². The average molecular weight is 374 g/mol. The number of piperidine rings is 1. The summed E-state index contributed by atoms with van der Waals surface area (Å²) in [5, 5.41) is 9.60. The van der Waals surface area contributed by atoms with E-state index in [9.17, 15) is 5.26 Å². The van der Waals surface area contributed by atoms with E-state index in [1.807, 2.05) is 43.0 Å². The zero-order valence-electron chi connectivity index (χ0n) is 15.8. The topological polar surface area (TPSA) is 79.9 Å². The first kappa shape index (κ1) is 18.0. The Bertz CT molecular complexity index is 978. The van der Waals surface area contributed by atoms with Crippen molar-refractivity contribution in [2.75, 3.05) is 25.1 Å². The second-order valence-electron chi connectivity index (χ2n) is 6.88. The normalized spacial score (nSPS) is 16.6. The molecule has 0 spiro atoms. The monoisotopic (exact) mass is 374 g/mol. The Morgan fingerprint density at radius 3 is 2.82 bits per heavy atom. The van der Waals surface area contributed by atoms with E-state index < -0.39 is 0 Å². The third-order valence-electron chi connectivity index (χ3n) is 5.18. The van der Waals surface area contributed by atoms with Crippen LogP contribution in [0.3, 0.4) is 0 Å². The van der Waals surface area contributed by atoms with Gasteiger partial charge < -0.3 is 14.2 Å². The largest absolute Gasteiger partial charge is 0.480 e. The van der Waals surface area contributed by atoms with Crippen LogP contribution in [0.1, 0.15) is 35.7 Å². The fourth-order valence-electron chi connectivity index (χ4n) is 3.86. The molecule has 7 nitrogen and oxygen atoms in total. The minimum Gasteiger partial charge on any atom is -0.480 e. The number of methoxy groups -OCH3 is 1. The Morgan fingerprint density at radius 2 is 2.04 bits per heavy atom. The lowest BCUT2D eigenvalue weighted by Gasteiger charge is -2.34. The number of nitrogens with zero attached hydrogens (tertiary/aromatic N) is 6. The molecule has 0 N–H and O–H groups in total. The highest BCUT2D eigenvalue weighted by Crippen LogP contribution is 2.33. The number of rotatable bonds is 5. The molecule has 1 atom stereocenters. The summed E-state index contributed by atoms with van der Waals surface area (Å²) in [5.74, 6) is 1.76. The number of anilines is 1. The highest BCUT2D eigenvalue weighted by molar-refractivity contribution is 5.63. The van der Waals surface area contributed by atoms with Crippen LogP contribution in [-0.2, 0) is 6.54 Å². The quantitative estimate of drug-likeness (QED) is 0.683. The van der Waals surface area contributed by atoms with Gasteiger partial charge in [0.25, 0.3) is 0 Å². The van der Waals surface area contributed by atoms with Crippen LogP contribution in [-0.4, -0.2) is 39.7 Å². The van der Waals surface area contributed by atoms with Gasteiger partial charge >= 0.3 is 0 Å². The maximum absolute atomic E-state index is 9.60. The molecule has 7 heteroatoms. The molecule has 3 aromatic heterocycles. The number of aromatic nitrogens is 4. The summed E-state index contributed by atoms with van der Waals surface area (Å²) in [6.45, 7) is 2.50. The van der Waals surface area contributed by atoms with Crippen molar-refractivity contribution in [2.45, 2.75) is 25.3 Å². The summed E-state index contributed by atoms with van der Waals surface area (Å²) in [7, 11) is 1.54. The van der Waals surface area contributed by atoms with E-state index in [0.717, 1.165) is 44.0 Å². The van der Waals surface area contributed by atoms with Crippen LogP contribution < -0.4 is 9.64 Å². The second-order valence-corrected chi connectivity index (χ2v) is 6.88. The maximum atomic E-state index is 9.60. The Kier molecular flexibility index (Phi) is 5.20. The first-order chi connectivity index (χ1) is 13.8. The Labute approximate surface area is 164 Å². The Balaban J connectivity index is 1.58. The van der Waals surface area contributed by atoms with Crippen molar-refractivity contribution >= 4 is 5.69 Å². The standard InChI is InChI=1S/C21H22N6O/c1-28-21-18(13-22)19(6-9-25-21)26-11-2-3-17(15-26)20-24-10-12-27(20)14-16-4-7-23-8-5-16/h4-10,12,17H,2-3,11,14-15H2,1H3/t17-/m0/s1. The van der Waals surface area contributed by atoms with Crippen molar-refractivity contribution in [1.82, 2.24) is 19.5 Å². The van der Waals surface area contributed by atoms with Crippen molar-refractivity contribution in [3.05, 3.63) is 66.1 Å². The molecule has 0 aromatic carbocycles. The van der Waals surface area contributed by atoms with Gasteiger partial charge in [-0.15, -0.1) is 0 Å². The molecular weight excluding hydrogens is 352 g/mol. The van der Waals surface area contributed by atoms with Crippen LogP contribution in [0.15, 0.2) is 49.2 Å². The predicted molar refractivity (Wildman–Crippen MR) is 105 cm³/mol.